The molecule has 3 rings (SSSR count). The van der Waals surface area contributed by atoms with Crippen molar-refractivity contribution in [1.82, 2.24) is 0 Å². The first kappa shape index (κ1) is 24.6. The van der Waals surface area contributed by atoms with Gasteiger partial charge >= 0.3 is 0 Å². The molecule has 0 fully saturated rings. The van der Waals surface area contributed by atoms with E-state index >= 15 is 0 Å². The van der Waals surface area contributed by atoms with Gasteiger partial charge in [-0.3, -0.25) is 4.84 Å². The summed E-state index contributed by atoms with van der Waals surface area (Å²) in [5, 5.41) is 0. The van der Waals surface area contributed by atoms with Gasteiger partial charge in [0.25, 0.3) is 0 Å². The van der Waals surface area contributed by atoms with Crippen molar-refractivity contribution < 1.29 is 22.5 Å². The van der Waals surface area contributed by atoms with Gasteiger partial charge in [-0.15, -0.1) is 0 Å². The predicted molar refractivity (Wildman–Crippen MR) is 121 cm³/mol. The van der Waals surface area contributed by atoms with Gasteiger partial charge in [0.2, 0.25) is 11.4 Å². The van der Waals surface area contributed by atoms with Crippen LogP contribution in [0.5, 0.6) is 0 Å². The number of aromatic nitrogens is 1. The molecule has 6 heteroatoms. The molecule has 0 amide bonds. The minimum Gasteiger partial charge on any atom is -0.744 e. The number of hydrogen-bond donors (Lipinski definition) is 0. The molecule has 0 saturated heterocycles. The molecule has 0 aliphatic carbocycles. The Labute approximate surface area is 186 Å². The standard InChI is InChI=1S/C18H24NO.C7H8O3S/c1-15-13-16(2)19(17(3)14-15)20-12-8-7-11-18-9-5-4-6-10-18;1-6-2-4-7(5-3-6)11(8,9)10/h4-6,9-10,13-14H,7-8,11-12H2,1-3H3;2-5H,1H3,(H,8,9,10)/q+1;/p-1. The van der Waals surface area contributed by atoms with E-state index in [4.69, 9.17) is 4.84 Å². The van der Waals surface area contributed by atoms with Gasteiger partial charge in [-0.05, 0) is 56.4 Å². The van der Waals surface area contributed by atoms with Crippen molar-refractivity contribution in [3.8, 4) is 0 Å². The monoisotopic (exact) mass is 441 g/mol. The zero-order valence-electron chi connectivity index (χ0n) is 18.7. The first-order valence-electron chi connectivity index (χ1n) is 10.4. The summed E-state index contributed by atoms with van der Waals surface area (Å²) in [6, 6.07) is 20.7. The van der Waals surface area contributed by atoms with Gasteiger partial charge < -0.3 is 4.55 Å². The zero-order valence-corrected chi connectivity index (χ0v) is 19.5. The molecule has 31 heavy (non-hydrogen) atoms. The number of hydrogen-bond acceptors (Lipinski definition) is 4. The maximum absolute atomic E-state index is 10.4. The number of pyridine rings is 1. The van der Waals surface area contributed by atoms with E-state index in [9.17, 15) is 13.0 Å². The smallest absolute Gasteiger partial charge is 0.231 e. The summed E-state index contributed by atoms with van der Waals surface area (Å²) in [6.07, 6.45) is 3.36. The van der Waals surface area contributed by atoms with Crippen molar-refractivity contribution in [3.63, 3.8) is 0 Å². The molecular formula is C25H31NO4S. The third kappa shape index (κ3) is 8.52. The Hall–Kier alpha value is -2.70. The minimum atomic E-state index is -4.27. The fourth-order valence-corrected chi connectivity index (χ4v) is 3.71. The third-order valence-corrected chi connectivity index (χ3v) is 5.60. The molecule has 3 aromatic rings. The number of rotatable bonds is 7. The molecule has 166 valence electrons. The lowest BCUT2D eigenvalue weighted by Crippen LogP contribution is -2.48. The summed E-state index contributed by atoms with van der Waals surface area (Å²) in [5.41, 5.74) is 5.93. The highest BCUT2D eigenvalue weighted by Crippen LogP contribution is 2.08. The Morgan fingerprint density at radius 3 is 1.94 bits per heavy atom. The Kier molecular flexibility index (Phi) is 9.21. The van der Waals surface area contributed by atoms with E-state index in [-0.39, 0.29) is 4.90 Å². The molecule has 0 aliphatic rings. The number of benzene rings is 2. The maximum atomic E-state index is 10.4. The third-order valence-electron chi connectivity index (χ3n) is 4.75. The summed E-state index contributed by atoms with van der Waals surface area (Å²) in [4.78, 5) is 5.70. The molecule has 0 bridgehead atoms. The predicted octanol–water partition coefficient (Wildman–Crippen LogP) is 4.25. The Morgan fingerprint density at radius 2 is 1.39 bits per heavy atom. The average molecular weight is 442 g/mol. The lowest BCUT2D eigenvalue weighted by Gasteiger charge is -2.05. The Bertz CT molecular complexity index is 1040. The average Bonchev–Trinajstić information content (AvgIpc) is 2.70. The molecule has 1 aromatic heterocycles. The van der Waals surface area contributed by atoms with Gasteiger partial charge in [0.15, 0.2) is 6.61 Å². The largest absolute Gasteiger partial charge is 0.744 e. The summed E-state index contributed by atoms with van der Waals surface area (Å²) in [7, 11) is -4.27. The molecule has 0 aliphatic heterocycles. The molecule has 2 aromatic carbocycles. The second-order valence-corrected chi connectivity index (χ2v) is 9.03. The minimum absolute atomic E-state index is 0.178. The van der Waals surface area contributed by atoms with Crippen LogP contribution in [-0.4, -0.2) is 19.6 Å². The molecule has 0 N–H and O–H groups in total. The van der Waals surface area contributed by atoms with Crippen molar-refractivity contribution in [2.45, 2.75) is 51.9 Å². The van der Waals surface area contributed by atoms with Gasteiger partial charge in [-0.25, -0.2) is 8.42 Å². The van der Waals surface area contributed by atoms with Crippen LogP contribution in [0.3, 0.4) is 0 Å². The second kappa shape index (κ2) is 11.6. The summed E-state index contributed by atoms with van der Waals surface area (Å²) in [5.74, 6) is 0. The fourth-order valence-electron chi connectivity index (χ4n) is 3.24. The van der Waals surface area contributed by atoms with Crippen LogP contribution in [0.25, 0.3) is 0 Å². The number of aryl methyl sites for hydroxylation is 5. The van der Waals surface area contributed by atoms with Crippen LogP contribution in [-0.2, 0) is 16.5 Å². The zero-order chi connectivity index (χ0) is 22.9. The van der Waals surface area contributed by atoms with Crippen molar-refractivity contribution in [2.75, 3.05) is 6.61 Å². The van der Waals surface area contributed by atoms with Crippen LogP contribution in [0.1, 0.15) is 40.9 Å². The van der Waals surface area contributed by atoms with E-state index in [2.05, 4.69) is 63.2 Å². The Morgan fingerprint density at radius 1 is 0.806 bits per heavy atom. The van der Waals surface area contributed by atoms with Crippen LogP contribution in [0, 0.1) is 27.7 Å². The molecular weight excluding hydrogens is 410 g/mol. The van der Waals surface area contributed by atoms with E-state index in [0.29, 0.717) is 0 Å². The van der Waals surface area contributed by atoms with Gasteiger partial charge in [-0.1, -0.05) is 48.0 Å². The second-order valence-electron chi connectivity index (χ2n) is 7.65. The van der Waals surface area contributed by atoms with Crippen LogP contribution < -0.4 is 9.57 Å². The molecule has 0 atom stereocenters. The molecule has 5 nitrogen and oxygen atoms in total. The molecule has 0 radical (unpaired) electrons. The van der Waals surface area contributed by atoms with Crippen molar-refractivity contribution in [2.24, 2.45) is 0 Å². The van der Waals surface area contributed by atoms with Crippen molar-refractivity contribution >= 4 is 10.1 Å². The van der Waals surface area contributed by atoms with Crippen LogP contribution in [0.4, 0.5) is 0 Å². The topological polar surface area (TPSA) is 70.3 Å². The molecule has 0 unspecified atom stereocenters. The summed E-state index contributed by atoms with van der Waals surface area (Å²) >= 11 is 0. The van der Waals surface area contributed by atoms with E-state index in [0.717, 1.165) is 42.8 Å². The van der Waals surface area contributed by atoms with Gasteiger partial charge in [-0.2, -0.15) is 0 Å². The van der Waals surface area contributed by atoms with Crippen molar-refractivity contribution in [3.05, 3.63) is 94.8 Å². The lowest BCUT2D eigenvalue weighted by atomic mass is 10.1. The fraction of sp³-hybridized carbons (Fsp3) is 0.320. The first-order chi connectivity index (χ1) is 14.7. The highest BCUT2D eigenvalue weighted by atomic mass is 32.2. The number of nitrogens with zero attached hydrogens (tertiary/aromatic N) is 1. The van der Waals surface area contributed by atoms with E-state index in [1.54, 1.807) is 12.1 Å². The van der Waals surface area contributed by atoms with Gasteiger partial charge in [0, 0.05) is 30.7 Å². The highest BCUT2D eigenvalue weighted by molar-refractivity contribution is 7.85. The Balaban J connectivity index is 0.000000262. The molecule has 0 spiro atoms. The van der Waals surface area contributed by atoms with E-state index < -0.39 is 10.1 Å². The normalized spacial score (nSPS) is 10.9. The van der Waals surface area contributed by atoms with E-state index in [1.807, 2.05) is 11.7 Å². The lowest BCUT2D eigenvalue weighted by molar-refractivity contribution is -0.899. The van der Waals surface area contributed by atoms with Crippen LogP contribution in [0.15, 0.2) is 71.6 Å². The number of unbranched alkanes of at least 4 members (excludes halogenated alkanes) is 1. The van der Waals surface area contributed by atoms with Crippen LogP contribution in [0.2, 0.25) is 0 Å². The maximum Gasteiger partial charge on any atom is 0.231 e. The SMILES string of the molecule is Cc1cc(C)[n+](OCCCCc2ccccc2)c(C)c1.Cc1ccc(S(=O)(=O)[O-])cc1. The molecule has 1 heterocycles. The first-order valence-corrected chi connectivity index (χ1v) is 11.8. The summed E-state index contributed by atoms with van der Waals surface area (Å²) < 4.78 is 33.1. The molecule has 0 saturated carbocycles. The van der Waals surface area contributed by atoms with Crippen molar-refractivity contribution in [1.29, 1.82) is 0 Å². The highest BCUT2D eigenvalue weighted by Gasteiger charge is 2.13. The summed E-state index contributed by atoms with van der Waals surface area (Å²) in [6.45, 7) is 8.88. The van der Waals surface area contributed by atoms with Crippen LogP contribution >= 0.6 is 0 Å². The quantitative estimate of drug-likeness (QED) is 0.312. The van der Waals surface area contributed by atoms with Gasteiger partial charge in [0.05, 0.1) is 4.90 Å². The van der Waals surface area contributed by atoms with Gasteiger partial charge in [0.1, 0.15) is 10.1 Å². The van der Waals surface area contributed by atoms with E-state index in [1.165, 1.54) is 23.3 Å².